The molecule has 0 aliphatic rings. The largest absolute Gasteiger partial charge is 0.299 e. The van der Waals surface area contributed by atoms with Crippen molar-refractivity contribution >= 4 is 16.7 Å². The topological polar surface area (TPSA) is 3.24 Å². The highest BCUT2D eigenvalue weighted by Crippen LogP contribution is 2.30. The van der Waals surface area contributed by atoms with Crippen LogP contribution in [0.5, 0.6) is 0 Å². The summed E-state index contributed by atoms with van der Waals surface area (Å²) in [6.07, 6.45) is 2.42. The van der Waals surface area contributed by atoms with Crippen molar-refractivity contribution < 1.29 is 0 Å². The molecule has 0 unspecified atom stereocenters. The fourth-order valence-electron chi connectivity index (χ4n) is 2.23. The average molecular weight is 289 g/mol. The van der Waals surface area contributed by atoms with Gasteiger partial charge in [0, 0.05) is 11.4 Å². The zero-order valence-electron chi connectivity index (χ0n) is 13.1. The molecule has 0 heterocycles. The van der Waals surface area contributed by atoms with Crippen LogP contribution in [-0.4, -0.2) is 18.0 Å². The van der Waals surface area contributed by atoms with E-state index >= 15 is 0 Å². The minimum atomic E-state index is 1.04. The summed E-state index contributed by atoms with van der Waals surface area (Å²) in [5.41, 5.74) is 2.57. The van der Waals surface area contributed by atoms with Gasteiger partial charge in [0.15, 0.2) is 0 Å². The van der Waals surface area contributed by atoms with E-state index < -0.39 is 0 Å². The average Bonchev–Trinajstić information content (AvgIpc) is 2.39. The third-order valence-electron chi connectivity index (χ3n) is 3.06. The molecule has 110 valence electrons. The Kier molecular flexibility index (Phi) is 7.71. The van der Waals surface area contributed by atoms with Crippen LogP contribution in [0.15, 0.2) is 42.3 Å². The molecule has 0 amide bonds. The van der Waals surface area contributed by atoms with Gasteiger partial charge in [-0.1, -0.05) is 63.0 Å². The maximum absolute atomic E-state index is 4.11. The standard InChI is InChI=1S/C18H27NS/c1-6-12-19(13-7-2)14-17-8-10-18(11-9-17)16(5)20-15(3)4/h8-11H,3,5-7,12-14H2,1-2,4H3. The summed E-state index contributed by atoms with van der Waals surface area (Å²) in [5.74, 6) is 0. The van der Waals surface area contributed by atoms with Crippen molar-refractivity contribution in [3.05, 3.63) is 53.5 Å². The Morgan fingerprint density at radius 2 is 1.60 bits per heavy atom. The lowest BCUT2D eigenvalue weighted by molar-refractivity contribution is 0.266. The van der Waals surface area contributed by atoms with E-state index in [4.69, 9.17) is 0 Å². The highest BCUT2D eigenvalue weighted by molar-refractivity contribution is 8.11. The molecular formula is C18H27NS. The van der Waals surface area contributed by atoms with Crippen LogP contribution in [0.4, 0.5) is 0 Å². The quantitative estimate of drug-likeness (QED) is 0.586. The molecule has 20 heavy (non-hydrogen) atoms. The molecule has 0 saturated carbocycles. The predicted octanol–water partition coefficient (Wildman–Crippen LogP) is 5.55. The molecule has 2 heteroatoms. The fourth-order valence-corrected chi connectivity index (χ4v) is 2.90. The number of hydrogen-bond donors (Lipinski definition) is 0. The van der Waals surface area contributed by atoms with Crippen molar-refractivity contribution in [1.29, 1.82) is 0 Å². The van der Waals surface area contributed by atoms with Gasteiger partial charge in [0.05, 0.1) is 0 Å². The third kappa shape index (κ3) is 5.98. The minimum absolute atomic E-state index is 1.04. The molecule has 0 saturated heterocycles. The highest BCUT2D eigenvalue weighted by Gasteiger charge is 2.05. The number of allylic oxidation sites excluding steroid dienone is 1. The maximum Gasteiger partial charge on any atom is 0.0233 e. The number of rotatable bonds is 9. The third-order valence-corrected chi connectivity index (χ3v) is 3.89. The van der Waals surface area contributed by atoms with E-state index in [0.29, 0.717) is 0 Å². The van der Waals surface area contributed by atoms with Gasteiger partial charge in [-0.05, 0) is 48.9 Å². The molecule has 0 spiro atoms. The number of benzene rings is 1. The lowest BCUT2D eigenvalue weighted by Gasteiger charge is -2.21. The van der Waals surface area contributed by atoms with E-state index in [1.54, 1.807) is 11.8 Å². The molecule has 0 aromatic heterocycles. The minimum Gasteiger partial charge on any atom is -0.299 e. The van der Waals surface area contributed by atoms with Gasteiger partial charge in [-0.2, -0.15) is 0 Å². The van der Waals surface area contributed by atoms with Crippen LogP contribution in [0.25, 0.3) is 4.91 Å². The monoisotopic (exact) mass is 289 g/mol. The van der Waals surface area contributed by atoms with E-state index in [1.807, 2.05) is 6.92 Å². The highest BCUT2D eigenvalue weighted by atomic mass is 32.2. The van der Waals surface area contributed by atoms with Crippen LogP contribution in [0.3, 0.4) is 0 Å². The fraction of sp³-hybridized carbons (Fsp3) is 0.444. The van der Waals surface area contributed by atoms with Gasteiger partial charge in [-0.25, -0.2) is 0 Å². The van der Waals surface area contributed by atoms with Gasteiger partial charge in [0.1, 0.15) is 0 Å². The molecule has 0 bridgehead atoms. The van der Waals surface area contributed by atoms with E-state index in [2.05, 4.69) is 56.2 Å². The van der Waals surface area contributed by atoms with E-state index in [0.717, 1.165) is 16.4 Å². The van der Waals surface area contributed by atoms with Crippen molar-refractivity contribution in [3.63, 3.8) is 0 Å². The van der Waals surface area contributed by atoms with Crippen LogP contribution < -0.4 is 0 Å². The first-order valence-electron chi connectivity index (χ1n) is 7.40. The second kappa shape index (κ2) is 9.04. The van der Waals surface area contributed by atoms with Gasteiger partial charge in [-0.3, -0.25) is 4.90 Å². The van der Waals surface area contributed by atoms with E-state index in [1.165, 1.54) is 37.1 Å². The molecule has 1 nitrogen and oxygen atoms in total. The van der Waals surface area contributed by atoms with Gasteiger partial charge in [0.25, 0.3) is 0 Å². The smallest absolute Gasteiger partial charge is 0.0233 e. The number of hydrogen-bond acceptors (Lipinski definition) is 2. The normalized spacial score (nSPS) is 10.8. The van der Waals surface area contributed by atoms with Gasteiger partial charge in [0.2, 0.25) is 0 Å². The number of thioether (sulfide) groups is 1. The van der Waals surface area contributed by atoms with Crippen LogP contribution in [-0.2, 0) is 6.54 Å². The maximum atomic E-state index is 4.11. The lowest BCUT2D eigenvalue weighted by Crippen LogP contribution is -2.24. The molecule has 1 aromatic rings. The first-order valence-corrected chi connectivity index (χ1v) is 8.22. The molecule has 0 aliphatic carbocycles. The Bertz CT molecular complexity index is 427. The summed E-state index contributed by atoms with van der Waals surface area (Å²) in [7, 11) is 0. The van der Waals surface area contributed by atoms with Crippen molar-refractivity contribution in [2.45, 2.75) is 40.2 Å². The molecule has 0 radical (unpaired) electrons. The lowest BCUT2D eigenvalue weighted by atomic mass is 10.1. The SMILES string of the molecule is C=C(C)SC(=C)c1ccc(CN(CCC)CCC)cc1. The second-order valence-corrected chi connectivity index (χ2v) is 6.59. The van der Waals surface area contributed by atoms with Gasteiger partial charge < -0.3 is 0 Å². The van der Waals surface area contributed by atoms with Crippen molar-refractivity contribution in [1.82, 2.24) is 4.90 Å². The first-order chi connectivity index (χ1) is 9.56. The Labute approximate surface area is 128 Å². The summed E-state index contributed by atoms with van der Waals surface area (Å²) in [6.45, 7) is 17.9. The first kappa shape index (κ1) is 17.1. The molecule has 0 aliphatic heterocycles. The number of nitrogens with zero attached hydrogens (tertiary/aromatic N) is 1. The van der Waals surface area contributed by atoms with Crippen LogP contribution in [0.1, 0.15) is 44.7 Å². The Balaban J connectivity index is 2.65. The Morgan fingerprint density at radius 1 is 1.05 bits per heavy atom. The second-order valence-electron chi connectivity index (χ2n) is 5.20. The molecule has 0 N–H and O–H groups in total. The van der Waals surface area contributed by atoms with Crippen LogP contribution in [0, 0.1) is 0 Å². The van der Waals surface area contributed by atoms with Crippen molar-refractivity contribution in [2.75, 3.05) is 13.1 Å². The Hall–Kier alpha value is -0.990. The summed E-state index contributed by atoms with van der Waals surface area (Å²) < 4.78 is 0. The molecule has 0 atom stereocenters. The summed E-state index contributed by atoms with van der Waals surface area (Å²) in [6, 6.07) is 8.78. The van der Waals surface area contributed by atoms with Crippen LogP contribution >= 0.6 is 11.8 Å². The van der Waals surface area contributed by atoms with E-state index in [-0.39, 0.29) is 0 Å². The van der Waals surface area contributed by atoms with Crippen molar-refractivity contribution in [2.24, 2.45) is 0 Å². The summed E-state index contributed by atoms with van der Waals surface area (Å²) >= 11 is 1.64. The zero-order valence-corrected chi connectivity index (χ0v) is 13.9. The Morgan fingerprint density at radius 3 is 2.05 bits per heavy atom. The zero-order chi connectivity index (χ0) is 15.0. The summed E-state index contributed by atoms with van der Waals surface area (Å²) in [4.78, 5) is 4.67. The summed E-state index contributed by atoms with van der Waals surface area (Å²) in [5, 5.41) is 0. The molecular weight excluding hydrogens is 262 g/mol. The van der Waals surface area contributed by atoms with Gasteiger partial charge >= 0.3 is 0 Å². The molecule has 0 fully saturated rings. The molecule has 1 rings (SSSR count). The molecule has 1 aromatic carbocycles. The van der Waals surface area contributed by atoms with Crippen molar-refractivity contribution in [3.8, 4) is 0 Å². The van der Waals surface area contributed by atoms with Gasteiger partial charge in [-0.15, -0.1) is 0 Å². The van der Waals surface area contributed by atoms with E-state index in [9.17, 15) is 0 Å². The van der Waals surface area contributed by atoms with Crippen LogP contribution in [0.2, 0.25) is 0 Å². The predicted molar refractivity (Wildman–Crippen MR) is 93.7 cm³/mol.